The van der Waals surface area contributed by atoms with Gasteiger partial charge in [0, 0.05) is 31.9 Å². The van der Waals surface area contributed by atoms with E-state index in [0.29, 0.717) is 0 Å². The van der Waals surface area contributed by atoms with Crippen LogP contribution in [0.2, 0.25) is 0 Å². The van der Waals surface area contributed by atoms with E-state index in [9.17, 15) is 0 Å². The first-order chi connectivity index (χ1) is 15.8. The topological polar surface area (TPSA) is 28.7 Å². The summed E-state index contributed by atoms with van der Waals surface area (Å²) in [5.41, 5.74) is 7.47. The minimum Gasteiger partial charge on any atom is -0.359 e. The fourth-order valence-electron chi connectivity index (χ4n) is 3.83. The normalized spacial score (nSPS) is 10.1. The molecule has 0 fully saturated rings. The van der Waals surface area contributed by atoms with Crippen molar-refractivity contribution < 1.29 is 0 Å². The van der Waals surface area contributed by atoms with Crippen LogP contribution in [0.25, 0.3) is 31.2 Å². The lowest BCUT2D eigenvalue weighted by Gasteiger charge is -1.90. The largest absolute Gasteiger partial charge is 0.359 e. The molecule has 0 aliphatic rings. The zero-order valence-electron chi connectivity index (χ0n) is 20.1. The van der Waals surface area contributed by atoms with Crippen molar-refractivity contribution >= 4 is 53.9 Å². The van der Waals surface area contributed by atoms with Gasteiger partial charge in [-0.05, 0) is 100 Å². The first-order valence-electron chi connectivity index (χ1n) is 11.1. The molecule has 0 spiro atoms. The van der Waals surface area contributed by atoms with Gasteiger partial charge in [0.05, 0.1) is 10.2 Å². The van der Waals surface area contributed by atoms with Gasteiger partial charge >= 0.3 is 0 Å². The van der Waals surface area contributed by atoms with Crippen molar-refractivity contribution in [3.8, 4) is 0 Å². The standard InChI is InChI=1S/C10H11N.C10H10S.C9H9NS.2CH4/c2*1-7-3-4-10-9(5-7)6-8(2)11-10;1-6-3-9-8(10-5-6)4-7(2)11-9;;/h3-6,11H,1-2H3;3-6H,1-2H3;3-5H,1-2H3;2*1H4. The Bertz CT molecular complexity index is 1350. The molecular weight excluding hydrogens is 464 g/mol. The molecule has 2 nitrogen and oxygen atoms in total. The molecule has 4 heteroatoms. The average molecular weight is 503 g/mol. The van der Waals surface area contributed by atoms with Crippen LogP contribution in [0.1, 0.15) is 47.0 Å². The van der Waals surface area contributed by atoms with E-state index < -0.39 is 0 Å². The molecule has 0 amide bonds. The van der Waals surface area contributed by atoms with E-state index in [1.54, 1.807) is 11.3 Å². The van der Waals surface area contributed by atoms with Gasteiger partial charge in [0.1, 0.15) is 0 Å². The number of rotatable bonds is 0. The van der Waals surface area contributed by atoms with Crippen molar-refractivity contribution in [3.05, 3.63) is 99.0 Å². The predicted molar refractivity (Wildman–Crippen MR) is 162 cm³/mol. The van der Waals surface area contributed by atoms with E-state index >= 15 is 0 Å². The van der Waals surface area contributed by atoms with Gasteiger partial charge in [-0.25, -0.2) is 0 Å². The van der Waals surface area contributed by atoms with Crippen LogP contribution < -0.4 is 0 Å². The summed E-state index contributed by atoms with van der Waals surface area (Å²) in [6.45, 7) is 12.7. The zero-order chi connectivity index (χ0) is 23.5. The molecule has 4 aromatic heterocycles. The van der Waals surface area contributed by atoms with Crippen molar-refractivity contribution in [2.24, 2.45) is 0 Å². The minimum absolute atomic E-state index is 0. The van der Waals surface area contributed by atoms with E-state index in [-0.39, 0.29) is 14.9 Å². The lowest BCUT2D eigenvalue weighted by atomic mass is 10.2. The number of benzene rings is 2. The second kappa shape index (κ2) is 12.1. The molecule has 0 bridgehead atoms. The van der Waals surface area contributed by atoms with Crippen LogP contribution in [-0.2, 0) is 0 Å². The number of aromatic nitrogens is 2. The summed E-state index contributed by atoms with van der Waals surface area (Å²) in [6.07, 6.45) is 1.91. The Morgan fingerprint density at radius 3 is 1.97 bits per heavy atom. The van der Waals surface area contributed by atoms with Gasteiger partial charge in [0.2, 0.25) is 0 Å². The first kappa shape index (κ1) is 28.3. The highest BCUT2D eigenvalue weighted by Crippen LogP contribution is 2.25. The third-order valence-corrected chi connectivity index (χ3v) is 7.35. The van der Waals surface area contributed by atoms with E-state index in [1.165, 1.54) is 57.8 Å². The monoisotopic (exact) mass is 502 g/mol. The zero-order valence-corrected chi connectivity index (χ0v) is 21.7. The highest BCUT2D eigenvalue weighted by Gasteiger charge is 1.98. The molecule has 0 aliphatic heterocycles. The Morgan fingerprint density at radius 1 is 0.600 bits per heavy atom. The molecule has 6 aromatic rings. The number of hydrogen-bond donors (Lipinski definition) is 1. The number of aryl methyl sites for hydroxylation is 6. The second-order valence-corrected chi connectivity index (χ2v) is 11.3. The van der Waals surface area contributed by atoms with Gasteiger partial charge in [0.25, 0.3) is 0 Å². The number of H-pyrrole nitrogens is 1. The van der Waals surface area contributed by atoms with Crippen molar-refractivity contribution in [3.63, 3.8) is 0 Å². The van der Waals surface area contributed by atoms with Crippen LogP contribution in [0.15, 0.2) is 66.9 Å². The number of aromatic amines is 1. The SMILES string of the molecule is C.C.Cc1ccc2[nH]c(C)cc2c1.Cc1ccc2sc(C)cc2c1.Cc1cnc2cc(C)sc2c1. The maximum atomic E-state index is 4.31. The number of hydrogen-bond acceptors (Lipinski definition) is 3. The molecule has 184 valence electrons. The third kappa shape index (κ3) is 7.27. The van der Waals surface area contributed by atoms with E-state index in [2.05, 4.69) is 112 Å². The Balaban J connectivity index is 0.000000180. The Morgan fingerprint density at radius 2 is 1.23 bits per heavy atom. The summed E-state index contributed by atoms with van der Waals surface area (Å²) in [5, 5.41) is 2.69. The van der Waals surface area contributed by atoms with Crippen molar-refractivity contribution in [1.82, 2.24) is 9.97 Å². The predicted octanol–water partition coefficient (Wildman–Crippen LogP) is 10.5. The summed E-state index contributed by atoms with van der Waals surface area (Å²) < 4.78 is 2.69. The maximum Gasteiger partial charge on any atom is 0.0812 e. The van der Waals surface area contributed by atoms with Crippen molar-refractivity contribution in [2.45, 2.75) is 56.4 Å². The second-order valence-electron chi connectivity index (χ2n) is 8.69. The van der Waals surface area contributed by atoms with E-state index in [0.717, 1.165) is 5.52 Å². The van der Waals surface area contributed by atoms with Gasteiger partial charge in [-0.3, -0.25) is 4.98 Å². The molecule has 35 heavy (non-hydrogen) atoms. The minimum atomic E-state index is 0. The van der Waals surface area contributed by atoms with Gasteiger partial charge in [-0.1, -0.05) is 44.2 Å². The summed E-state index contributed by atoms with van der Waals surface area (Å²) in [6, 6.07) is 21.8. The molecule has 0 unspecified atom stereocenters. The number of thiophene rings is 2. The lowest BCUT2D eigenvalue weighted by Crippen LogP contribution is -1.73. The summed E-state index contributed by atoms with van der Waals surface area (Å²) in [4.78, 5) is 10.3. The fourth-order valence-corrected chi connectivity index (χ4v) is 5.71. The summed E-state index contributed by atoms with van der Waals surface area (Å²) >= 11 is 3.66. The first-order valence-corrected chi connectivity index (χ1v) is 12.8. The van der Waals surface area contributed by atoms with Gasteiger partial charge in [-0.15, -0.1) is 22.7 Å². The molecule has 0 radical (unpaired) electrons. The average Bonchev–Trinajstić information content (AvgIpc) is 3.41. The lowest BCUT2D eigenvalue weighted by molar-refractivity contribution is 1.30. The van der Waals surface area contributed by atoms with E-state index in [4.69, 9.17) is 0 Å². The number of nitrogens with one attached hydrogen (secondary N) is 1. The highest BCUT2D eigenvalue weighted by molar-refractivity contribution is 7.19. The van der Waals surface area contributed by atoms with E-state index in [1.807, 2.05) is 17.5 Å². The maximum absolute atomic E-state index is 4.31. The molecule has 0 aliphatic carbocycles. The molecule has 0 saturated carbocycles. The molecule has 6 rings (SSSR count). The number of fused-ring (bicyclic) bond motifs is 3. The third-order valence-electron chi connectivity index (χ3n) is 5.34. The number of nitrogens with zero attached hydrogens (tertiary/aromatic N) is 1. The molecule has 1 N–H and O–H groups in total. The van der Waals surface area contributed by atoms with Gasteiger partial charge < -0.3 is 4.98 Å². The fraction of sp³-hybridized carbons (Fsp3) is 0.258. The van der Waals surface area contributed by atoms with Crippen LogP contribution in [0.3, 0.4) is 0 Å². The molecular formula is C31H38N2S2. The van der Waals surface area contributed by atoms with Crippen molar-refractivity contribution in [1.29, 1.82) is 0 Å². The van der Waals surface area contributed by atoms with Gasteiger partial charge in [0.15, 0.2) is 0 Å². The quantitative estimate of drug-likeness (QED) is 0.220. The van der Waals surface area contributed by atoms with Gasteiger partial charge in [-0.2, -0.15) is 0 Å². The molecule has 0 saturated heterocycles. The Kier molecular flexibility index (Phi) is 9.82. The van der Waals surface area contributed by atoms with Crippen LogP contribution in [-0.4, -0.2) is 9.97 Å². The Labute approximate surface area is 218 Å². The molecule has 2 aromatic carbocycles. The van der Waals surface area contributed by atoms with Crippen LogP contribution >= 0.6 is 22.7 Å². The van der Waals surface area contributed by atoms with Crippen LogP contribution in [0, 0.1) is 41.5 Å². The van der Waals surface area contributed by atoms with Crippen molar-refractivity contribution in [2.75, 3.05) is 0 Å². The highest BCUT2D eigenvalue weighted by atomic mass is 32.1. The van der Waals surface area contributed by atoms with Crippen LogP contribution in [0.4, 0.5) is 0 Å². The molecule has 0 atom stereocenters. The summed E-state index contributed by atoms with van der Waals surface area (Å²) in [7, 11) is 0. The smallest absolute Gasteiger partial charge is 0.0812 e. The Hall–Kier alpha value is -2.95. The van der Waals surface area contributed by atoms with Crippen LogP contribution in [0.5, 0.6) is 0 Å². The molecule has 4 heterocycles. The number of pyridine rings is 1. The summed E-state index contributed by atoms with van der Waals surface area (Å²) in [5.74, 6) is 0.